The van der Waals surface area contributed by atoms with Gasteiger partial charge in [0.2, 0.25) is 5.92 Å². The molecule has 1 saturated heterocycles. The lowest BCUT2D eigenvalue weighted by Gasteiger charge is -2.17. The zero-order valence-corrected chi connectivity index (χ0v) is 15.5. The number of carbonyl (C=O) groups is 2. The zero-order valence-electron chi connectivity index (χ0n) is 14.7. The van der Waals surface area contributed by atoms with Crippen LogP contribution in [-0.2, 0) is 25.8 Å². The highest BCUT2D eigenvalue weighted by atomic mass is 32.2. The number of hydrogen-bond donors (Lipinski definition) is 2. The van der Waals surface area contributed by atoms with Crippen LogP contribution < -0.4 is 10.4 Å². The van der Waals surface area contributed by atoms with E-state index < -0.39 is 45.5 Å². The number of rotatable bonds is 7. The van der Waals surface area contributed by atoms with Crippen LogP contribution in [0.1, 0.15) is 18.9 Å². The summed E-state index contributed by atoms with van der Waals surface area (Å²) < 4.78 is 54.6. The van der Waals surface area contributed by atoms with Crippen molar-refractivity contribution in [3.8, 4) is 0 Å². The Labute approximate surface area is 155 Å². The van der Waals surface area contributed by atoms with E-state index in [0.29, 0.717) is 11.3 Å². The average molecular weight is 406 g/mol. The van der Waals surface area contributed by atoms with Gasteiger partial charge in [0.15, 0.2) is 9.84 Å². The summed E-state index contributed by atoms with van der Waals surface area (Å²) in [4.78, 5) is 24.8. The first-order valence-electron chi connectivity index (χ1n) is 7.98. The standard InChI is InChI=1S/C16H20F2N2O6S/c1-16(17,18)8-10-3-5-11(6-4-10)20-9-12(26-15(20)22)7-13(14(21)19-23)27(2,24)25/h3-6,12-13,23H,7-9H2,1-2H3,(H,19,21). The van der Waals surface area contributed by atoms with Gasteiger partial charge in [0.05, 0.1) is 6.54 Å². The highest BCUT2D eigenvalue weighted by Gasteiger charge is 2.39. The molecule has 8 nitrogen and oxygen atoms in total. The summed E-state index contributed by atoms with van der Waals surface area (Å²) in [5.41, 5.74) is 2.08. The maximum atomic E-state index is 13.1. The van der Waals surface area contributed by atoms with Gasteiger partial charge in [-0.1, -0.05) is 12.1 Å². The Hall–Kier alpha value is -2.27. The molecule has 0 bridgehead atoms. The topological polar surface area (TPSA) is 113 Å². The minimum absolute atomic E-state index is 0.0210. The molecule has 1 aliphatic rings. The summed E-state index contributed by atoms with van der Waals surface area (Å²) in [7, 11) is -3.84. The van der Waals surface area contributed by atoms with Crippen molar-refractivity contribution in [2.24, 2.45) is 0 Å². The van der Waals surface area contributed by atoms with Gasteiger partial charge in [-0.15, -0.1) is 0 Å². The number of sulfone groups is 1. The molecule has 1 fully saturated rings. The van der Waals surface area contributed by atoms with E-state index in [1.807, 2.05) is 0 Å². The fraction of sp³-hybridized carbons (Fsp3) is 0.500. The molecular weight excluding hydrogens is 386 g/mol. The first kappa shape index (κ1) is 21.0. The van der Waals surface area contributed by atoms with Crippen LogP contribution in [0.2, 0.25) is 0 Å². The van der Waals surface area contributed by atoms with Crippen LogP contribution in [0.15, 0.2) is 24.3 Å². The highest BCUT2D eigenvalue weighted by molar-refractivity contribution is 7.92. The second-order valence-electron chi connectivity index (χ2n) is 6.56. The predicted octanol–water partition coefficient (Wildman–Crippen LogP) is 1.52. The van der Waals surface area contributed by atoms with Crippen molar-refractivity contribution in [1.82, 2.24) is 5.48 Å². The van der Waals surface area contributed by atoms with E-state index in [4.69, 9.17) is 9.94 Å². The van der Waals surface area contributed by atoms with E-state index in [2.05, 4.69) is 0 Å². The molecule has 2 amide bonds. The van der Waals surface area contributed by atoms with E-state index >= 15 is 0 Å². The van der Waals surface area contributed by atoms with Crippen LogP contribution >= 0.6 is 0 Å². The predicted molar refractivity (Wildman–Crippen MR) is 91.6 cm³/mol. The number of hydrogen-bond acceptors (Lipinski definition) is 6. The molecule has 1 heterocycles. The molecule has 0 spiro atoms. The second-order valence-corrected chi connectivity index (χ2v) is 8.79. The number of carbonyl (C=O) groups excluding carboxylic acids is 2. The van der Waals surface area contributed by atoms with Crippen LogP contribution in [0.4, 0.5) is 19.3 Å². The third kappa shape index (κ3) is 5.60. The van der Waals surface area contributed by atoms with Crippen molar-refractivity contribution in [2.75, 3.05) is 17.7 Å². The molecule has 2 atom stereocenters. The Morgan fingerprint density at radius 2 is 2.00 bits per heavy atom. The number of benzene rings is 1. The molecule has 11 heteroatoms. The summed E-state index contributed by atoms with van der Waals surface area (Å²) in [5.74, 6) is -3.97. The van der Waals surface area contributed by atoms with Gasteiger partial charge in [0.1, 0.15) is 11.4 Å². The van der Waals surface area contributed by atoms with E-state index in [-0.39, 0.29) is 13.0 Å². The van der Waals surface area contributed by atoms with Crippen LogP contribution in [0, 0.1) is 0 Å². The molecule has 27 heavy (non-hydrogen) atoms. The number of anilines is 1. The van der Waals surface area contributed by atoms with Crippen LogP contribution in [0.5, 0.6) is 0 Å². The Balaban J connectivity index is 2.09. The van der Waals surface area contributed by atoms with Gasteiger partial charge in [-0.25, -0.2) is 27.5 Å². The quantitative estimate of drug-likeness (QED) is 0.524. The Morgan fingerprint density at radius 3 is 2.48 bits per heavy atom. The van der Waals surface area contributed by atoms with Crippen molar-refractivity contribution in [3.05, 3.63) is 29.8 Å². The van der Waals surface area contributed by atoms with Gasteiger partial charge in [-0.05, 0) is 24.6 Å². The molecule has 2 unspecified atom stereocenters. The molecule has 1 aliphatic heterocycles. The van der Waals surface area contributed by atoms with Crippen LogP contribution in [0.25, 0.3) is 0 Å². The normalized spacial score (nSPS) is 18.9. The van der Waals surface area contributed by atoms with Crippen molar-refractivity contribution >= 4 is 27.5 Å². The van der Waals surface area contributed by atoms with Gasteiger partial charge in [0.25, 0.3) is 5.91 Å². The monoisotopic (exact) mass is 406 g/mol. The third-order valence-corrected chi connectivity index (χ3v) is 5.47. The van der Waals surface area contributed by atoms with Crippen molar-refractivity contribution in [3.63, 3.8) is 0 Å². The highest BCUT2D eigenvalue weighted by Crippen LogP contribution is 2.26. The van der Waals surface area contributed by atoms with Crippen LogP contribution in [0.3, 0.4) is 0 Å². The summed E-state index contributed by atoms with van der Waals surface area (Å²) in [6.45, 7) is 0.789. The SMILES string of the molecule is CC(F)(F)Cc1ccc(N2CC(CC(C(=O)NO)S(C)(=O)=O)OC2=O)cc1. The second kappa shape index (κ2) is 7.77. The largest absolute Gasteiger partial charge is 0.444 e. The number of cyclic esters (lactones) is 1. The van der Waals surface area contributed by atoms with Gasteiger partial charge < -0.3 is 4.74 Å². The number of amides is 2. The molecule has 1 aromatic rings. The Morgan fingerprint density at radius 1 is 1.41 bits per heavy atom. The smallest absolute Gasteiger partial charge is 0.414 e. The lowest BCUT2D eigenvalue weighted by Crippen LogP contribution is -2.40. The molecule has 0 radical (unpaired) electrons. The Kier molecular flexibility index (Phi) is 6.05. The lowest BCUT2D eigenvalue weighted by molar-refractivity contribution is -0.129. The zero-order chi connectivity index (χ0) is 20.4. The van der Waals surface area contributed by atoms with E-state index in [0.717, 1.165) is 13.2 Å². The number of nitrogens with zero attached hydrogens (tertiary/aromatic N) is 1. The van der Waals surface area contributed by atoms with Crippen molar-refractivity contribution in [2.45, 2.75) is 37.0 Å². The molecule has 2 rings (SSSR count). The fourth-order valence-electron chi connectivity index (χ4n) is 2.79. The molecule has 0 saturated carbocycles. The maximum Gasteiger partial charge on any atom is 0.414 e. The molecule has 1 aromatic carbocycles. The van der Waals surface area contributed by atoms with E-state index in [1.165, 1.54) is 34.6 Å². The van der Waals surface area contributed by atoms with Gasteiger partial charge >= 0.3 is 6.09 Å². The van der Waals surface area contributed by atoms with E-state index in [1.54, 1.807) is 0 Å². The minimum Gasteiger partial charge on any atom is -0.444 e. The van der Waals surface area contributed by atoms with Gasteiger partial charge in [-0.2, -0.15) is 0 Å². The first-order chi connectivity index (χ1) is 12.4. The fourth-order valence-corrected chi connectivity index (χ4v) is 3.80. The molecule has 2 N–H and O–H groups in total. The summed E-state index contributed by atoms with van der Waals surface area (Å²) in [6.07, 6.45) is -1.57. The molecule has 0 aliphatic carbocycles. The van der Waals surface area contributed by atoms with Crippen molar-refractivity contribution in [1.29, 1.82) is 0 Å². The number of ether oxygens (including phenoxy) is 1. The number of alkyl halides is 2. The van der Waals surface area contributed by atoms with Crippen molar-refractivity contribution < 1.29 is 36.7 Å². The summed E-state index contributed by atoms with van der Waals surface area (Å²) >= 11 is 0. The molecular formula is C16H20F2N2O6S. The molecule has 0 aromatic heterocycles. The first-order valence-corrected chi connectivity index (χ1v) is 9.94. The summed E-state index contributed by atoms with van der Waals surface area (Å²) in [6, 6.07) is 5.90. The number of halogens is 2. The lowest BCUT2D eigenvalue weighted by atomic mass is 10.1. The van der Waals surface area contributed by atoms with Gasteiger partial charge in [0, 0.05) is 24.8 Å². The number of nitrogens with one attached hydrogen (secondary N) is 1. The molecule has 150 valence electrons. The minimum atomic E-state index is -3.84. The van der Waals surface area contributed by atoms with Crippen LogP contribution in [-0.4, -0.2) is 55.7 Å². The Bertz CT molecular complexity index is 807. The summed E-state index contributed by atoms with van der Waals surface area (Å²) in [5, 5.41) is 7.12. The van der Waals surface area contributed by atoms with Gasteiger partial charge in [-0.3, -0.25) is 14.9 Å². The van der Waals surface area contributed by atoms with E-state index in [9.17, 15) is 26.8 Å². The maximum absolute atomic E-state index is 13.1. The number of hydroxylamine groups is 1. The third-order valence-electron chi connectivity index (χ3n) is 4.03. The average Bonchev–Trinajstić information content (AvgIpc) is 2.91.